The quantitative estimate of drug-likeness (QED) is 0.534. The molecule has 170 valence electrons. The molecule has 1 spiro atoms. The number of carbonyl (C=O) groups excluding carboxylic acids is 2. The number of hydrogen-bond donors (Lipinski definition) is 0. The summed E-state index contributed by atoms with van der Waals surface area (Å²) >= 11 is 0. The van der Waals surface area contributed by atoms with E-state index in [1.165, 1.54) is 50.6 Å². The number of nitrogens with zero attached hydrogens (tertiary/aromatic N) is 2. The van der Waals surface area contributed by atoms with E-state index < -0.39 is 11.9 Å². The Labute approximate surface area is 189 Å². The van der Waals surface area contributed by atoms with E-state index >= 15 is 0 Å². The molecule has 2 atom stereocenters. The molecule has 0 saturated heterocycles. The first-order valence-corrected chi connectivity index (χ1v) is 12.2. The van der Waals surface area contributed by atoms with Crippen LogP contribution in [0.5, 0.6) is 0 Å². The van der Waals surface area contributed by atoms with Gasteiger partial charge in [0, 0.05) is 11.6 Å². The molecule has 1 aromatic carbocycles. The number of hydrogen-bond acceptors (Lipinski definition) is 6. The number of allylic oxidation sites excluding steroid dienone is 2. The Kier molecular flexibility index (Phi) is 5.56. The fraction of sp³-hybridized carbons (Fsp3) is 0.577. The zero-order valence-electron chi connectivity index (χ0n) is 19.1. The number of fused-ring (bicyclic) bond motifs is 3. The summed E-state index contributed by atoms with van der Waals surface area (Å²) in [4.78, 5) is 33.2. The average molecular weight is 437 g/mol. The van der Waals surface area contributed by atoms with E-state index in [-0.39, 0.29) is 24.4 Å². The number of benzene rings is 1. The molecule has 0 unspecified atom stereocenters. The molecule has 1 fully saturated rings. The maximum absolute atomic E-state index is 12.7. The van der Waals surface area contributed by atoms with Crippen LogP contribution in [0.4, 0.5) is 5.69 Å². The van der Waals surface area contributed by atoms with E-state index in [0.29, 0.717) is 11.1 Å². The van der Waals surface area contributed by atoms with Gasteiger partial charge in [0.1, 0.15) is 5.66 Å². The molecular formula is C26H32N2O4. The molecule has 32 heavy (non-hydrogen) atoms. The zero-order valence-corrected chi connectivity index (χ0v) is 19.1. The highest BCUT2D eigenvalue weighted by Gasteiger charge is 2.53. The van der Waals surface area contributed by atoms with Crippen LogP contribution in [0.1, 0.15) is 71.6 Å². The topological polar surface area (TPSA) is 68.2 Å². The second-order valence-corrected chi connectivity index (χ2v) is 9.25. The third kappa shape index (κ3) is 3.26. The lowest BCUT2D eigenvalue weighted by Crippen LogP contribution is -2.55. The summed E-state index contributed by atoms with van der Waals surface area (Å²) < 4.78 is 10.4. The number of rotatable bonds is 4. The summed E-state index contributed by atoms with van der Waals surface area (Å²) in [6.07, 6.45) is 10.6. The summed E-state index contributed by atoms with van der Waals surface area (Å²) in [5, 5.41) is 1.51. The standard InChI is InChI=1S/C26H32N2O4/c1-3-31-24(29)23(25(30)32-4-2)18-12-13-20-22(16-18)28-21-11-6-5-9-17(21)15-19-10-7-8-14-26(19,28)27-20/h12-13,16,19H,3-11,14-15H2,1-2H3/t19-,26+/m1/s1. The van der Waals surface area contributed by atoms with Crippen LogP contribution in [-0.4, -0.2) is 30.8 Å². The molecule has 6 heteroatoms. The summed E-state index contributed by atoms with van der Waals surface area (Å²) in [6.45, 7) is 3.88. The lowest BCUT2D eigenvalue weighted by molar-refractivity contribution is -0.142. The minimum absolute atomic E-state index is 0.0347. The minimum Gasteiger partial charge on any atom is -0.462 e. The Bertz CT molecular complexity index is 1090. The van der Waals surface area contributed by atoms with Crippen molar-refractivity contribution < 1.29 is 19.1 Å². The molecule has 2 aliphatic carbocycles. The fourth-order valence-corrected chi connectivity index (χ4v) is 6.18. The third-order valence-electron chi connectivity index (χ3n) is 7.48. The van der Waals surface area contributed by atoms with E-state index in [1.54, 1.807) is 19.4 Å². The summed E-state index contributed by atoms with van der Waals surface area (Å²) in [5.74, 6) is -0.743. The summed E-state index contributed by atoms with van der Waals surface area (Å²) in [6, 6.07) is 5.74. The second kappa shape index (κ2) is 8.38. The van der Waals surface area contributed by atoms with Crippen LogP contribution in [0.15, 0.2) is 34.5 Å². The molecule has 2 aliphatic heterocycles. The first kappa shape index (κ1) is 21.2. The van der Waals surface area contributed by atoms with Crippen molar-refractivity contribution in [1.29, 1.82) is 0 Å². The van der Waals surface area contributed by atoms with Crippen LogP contribution in [0.2, 0.25) is 0 Å². The van der Waals surface area contributed by atoms with Gasteiger partial charge in [-0.2, -0.15) is 0 Å². The third-order valence-corrected chi connectivity index (χ3v) is 7.48. The summed E-state index contributed by atoms with van der Waals surface area (Å²) in [7, 11) is 0. The van der Waals surface area contributed by atoms with Crippen LogP contribution in [0.25, 0.3) is 5.57 Å². The molecule has 0 aromatic heterocycles. The molecule has 6 nitrogen and oxygen atoms in total. The summed E-state index contributed by atoms with van der Waals surface area (Å²) in [5.41, 5.74) is 3.81. The Balaban J connectivity index is 1.70. The molecule has 4 aliphatic rings. The average Bonchev–Trinajstić information content (AvgIpc) is 3.12. The van der Waals surface area contributed by atoms with Gasteiger partial charge in [-0.1, -0.05) is 18.1 Å². The van der Waals surface area contributed by atoms with Gasteiger partial charge < -0.3 is 14.4 Å². The number of ether oxygens (including phenoxy) is 2. The number of carbonyl (C=O) groups is 2. The number of esters is 2. The van der Waals surface area contributed by atoms with Gasteiger partial charge in [-0.05, 0) is 82.6 Å². The van der Waals surface area contributed by atoms with Crippen molar-refractivity contribution >= 4 is 23.2 Å². The first-order valence-electron chi connectivity index (χ1n) is 12.2. The zero-order chi connectivity index (χ0) is 22.3. The molecular weight excluding hydrogens is 404 g/mol. The highest BCUT2D eigenvalue weighted by atomic mass is 16.6. The largest absolute Gasteiger partial charge is 0.462 e. The second-order valence-electron chi connectivity index (χ2n) is 9.25. The van der Waals surface area contributed by atoms with Crippen molar-refractivity contribution in [3.63, 3.8) is 0 Å². The molecule has 0 amide bonds. The van der Waals surface area contributed by atoms with Gasteiger partial charge in [-0.3, -0.25) is 4.99 Å². The molecule has 2 heterocycles. The Morgan fingerprint density at radius 2 is 1.81 bits per heavy atom. The van der Waals surface area contributed by atoms with Crippen LogP contribution < -0.4 is 15.5 Å². The van der Waals surface area contributed by atoms with Gasteiger partial charge in [0.2, 0.25) is 0 Å². The normalized spacial score (nSPS) is 25.7. The molecule has 1 saturated carbocycles. The maximum atomic E-state index is 12.7. The Hall–Kier alpha value is -2.63. The molecule has 0 N–H and O–H groups in total. The SMILES string of the molecule is CCOC(=O)C(C(=O)OCC)=c1ccc2c(c1)N1C3=C(CCCC3)C[C@H]3CCCC[C@@]31N=2. The first-order chi connectivity index (χ1) is 15.6. The highest BCUT2D eigenvalue weighted by Crippen LogP contribution is 2.53. The van der Waals surface area contributed by atoms with Crippen LogP contribution in [0.3, 0.4) is 0 Å². The fourth-order valence-electron chi connectivity index (χ4n) is 6.18. The van der Waals surface area contributed by atoms with Crippen molar-refractivity contribution in [2.75, 3.05) is 18.1 Å². The van der Waals surface area contributed by atoms with Crippen molar-refractivity contribution in [2.24, 2.45) is 10.9 Å². The monoisotopic (exact) mass is 436 g/mol. The van der Waals surface area contributed by atoms with Crippen LogP contribution in [0, 0.1) is 5.92 Å². The van der Waals surface area contributed by atoms with Gasteiger partial charge >= 0.3 is 11.9 Å². The van der Waals surface area contributed by atoms with E-state index in [1.807, 2.05) is 18.2 Å². The maximum Gasteiger partial charge on any atom is 0.346 e. The predicted molar refractivity (Wildman–Crippen MR) is 121 cm³/mol. The Morgan fingerprint density at radius 1 is 1.06 bits per heavy atom. The molecule has 0 bridgehead atoms. The lowest BCUT2D eigenvalue weighted by atomic mass is 9.70. The van der Waals surface area contributed by atoms with E-state index in [4.69, 9.17) is 14.5 Å². The highest BCUT2D eigenvalue weighted by molar-refractivity contribution is 6.36. The van der Waals surface area contributed by atoms with Gasteiger partial charge in [-0.15, -0.1) is 0 Å². The lowest BCUT2D eigenvalue weighted by Gasteiger charge is -2.52. The van der Waals surface area contributed by atoms with Crippen molar-refractivity contribution in [1.82, 2.24) is 0 Å². The smallest absolute Gasteiger partial charge is 0.346 e. The minimum atomic E-state index is -0.637. The van der Waals surface area contributed by atoms with E-state index in [0.717, 1.165) is 23.9 Å². The van der Waals surface area contributed by atoms with Crippen molar-refractivity contribution in [2.45, 2.75) is 77.3 Å². The Morgan fingerprint density at radius 3 is 2.56 bits per heavy atom. The van der Waals surface area contributed by atoms with E-state index in [9.17, 15) is 9.59 Å². The number of anilines is 1. The van der Waals surface area contributed by atoms with Gasteiger partial charge in [0.25, 0.3) is 0 Å². The van der Waals surface area contributed by atoms with Crippen molar-refractivity contribution in [3.05, 3.63) is 40.0 Å². The molecule has 1 aromatic rings. The molecule has 5 rings (SSSR count). The van der Waals surface area contributed by atoms with Gasteiger partial charge in [-0.25, -0.2) is 9.59 Å². The van der Waals surface area contributed by atoms with Gasteiger partial charge in [0.15, 0.2) is 5.57 Å². The predicted octanol–water partition coefficient (Wildman–Crippen LogP) is 3.52. The molecule has 0 radical (unpaired) electrons. The van der Waals surface area contributed by atoms with Crippen LogP contribution >= 0.6 is 0 Å². The van der Waals surface area contributed by atoms with E-state index in [2.05, 4.69) is 4.90 Å². The van der Waals surface area contributed by atoms with Crippen molar-refractivity contribution in [3.8, 4) is 0 Å². The van der Waals surface area contributed by atoms with Crippen LogP contribution in [-0.2, 0) is 19.1 Å². The van der Waals surface area contributed by atoms with Gasteiger partial charge in [0.05, 0.1) is 24.3 Å².